The topological polar surface area (TPSA) is 269 Å². The second-order valence-electron chi connectivity index (χ2n) is 33.4. The van der Waals surface area contributed by atoms with Crippen molar-refractivity contribution in [1.29, 1.82) is 0 Å². The van der Waals surface area contributed by atoms with Gasteiger partial charge < -0.3 is 85.3 Å². The maximum atomic E-state index is 16.0. The molecular formula is C98H112N2O22S2Si. The summed E-state index contributed by atoms with van der Waals surface area (Å²) in [7, 11) is -12.4. The summed E-state index contributed by atoms with van der Waals surface area (Å²) in [6.07, 6.45) is -24.2. The summed E-state index contributed by atoms with van der Waals surface area (Å²) in [5, 5.41) is 12.5. The fourth-order valence-corrected chi connectivity index (χ4v) is 19.4. The number of hydrogen-bond acceptors (Lipinski definition) is 22. The summed E-state index contributed by atoms with van der Waals surface area (Å²) in [5.74, 6) is 0. The fraction of sp³-hybridized carbons (Fsp3) is 0.388. The summed E-state index contributed by atoms with van der Waals surface area (Å²) in [6, 6.07) is 88.8. The van der Waals surface area contributed by atoms with Crippen molar-refractivity contribution in [1.82, 2.24) is 9.44 Å². The Morgan fingerprint density at radius 1 is 0.368 bits per heavy atom. The van der Waals surface area contributed by atoms with Crippen LogP contribution in [0.3, 0.4) is 0 Å². The zero-order valence-corrected chi connectivity index (χ0v) is 73.5. The first-order valence-corrected chi connectivity index (χ1v) is 48.5. The van der Waals surface area contributed by atoms with E-state index in [1.807, 2.05) is 263 Å². The highest BCUT2D eigenvalue weighted by atomic mass is 32.2. The predicted octanol–water partition coefficient (Wildman–Crippen LogP) is 14.6. The number of aliphatic hydroxyl groups excluding tert-OH is 1. The molecule has 0 spiro atoms. The second kappa shape index (κ2) is 43.1. The van der Waals surface area contributed by atoms with Gasteiger partial charge in [-0.3, -0.25) is 0 Å². The Labute approximate surface area is 734 Å². The molecule has 24 nitrogen and oxygen atoms in total. The first kappa shape index (κ1) is 91.3. The lowest BCUT2D eigenvalue weighted by molar-refractivity contribution is -0.391. The lowest BCUT2D eigenvalue weighted by atomic mass is 9.94. The van der Waals surface area contributed by atoms with Crippen molar-refractivity contribution in [2.45, 2.75) is 231 Å². The molecule has 5 aliphatic rings. The standard InChI is InChI=1S/C98H112N2O22S2Si/c1-67-84(107-58-69-39-19-8-20-40-69)91(111-62-73-47-27-12-28-48-73)92(112-63-74-49-29-13-30-50-74)96(115-67)114-66-80-87(89(109-60-71-43-23-10-24-44-71)82(95(117-80)122-125(5,6)98(2,3)4)100-124(104,105)77-55-35-16-36-56-77)120-94-81(99-123(102,103)76-53-33-15-34-54-76)88(108-59-70-41-21-9-22-42-70)86(78(116-94)64-106-57-68-37-17-7-18-38-68)121-97-90(110-61-72-45-25-11-26-46-72)83(101)85-79(118-97)65-113-93(119-85)75-51-31-14-32-52-75/h7-56,67,78-97,99-101H,57-66H2,1-6H3/t67-,78?,79?,80?,81?,82?,83-,84+,85+,86+,87+,88-,89-,90?,91?,92?,93?,94-,95+,96+,97-/m0/s1. The van der Waals surface area contributed by atoms with Crippen LogP contribution in [0.4, 0.5) is 0 Å². The van der Waals surface area contributed by atoms with Crippen molar-refractivity contribution in [2.24, 2.45) is 0 Å². The SMILES string of the molecule is C[C@@H]1O[C@@H](OCC2O[C@H](O[Si](C)(C)C(C)(C)C)C(NS(=O)(=O)c3ccccc3)[C@H](OCc3ccccc3)[C@@H]2O[C@@H]2OC(COCc3ccccc3)[C@@H](O[C@@H]3OC4COC(c5ccccc5)O[C@H]4[C@H](O)C3OCc3ccccc3)[C@@H](OCc3ccccc3)C2NS(=O)(=O)c2ccccc2)C(OCc2ccccc2)C(OCc2ccccc2)[C@@H]1OCc1ccccc1. The second-order valence-corrected chi connectivity index (χ2v) is 41.6. The molecular weight excluding hydrogens is 1650 g/mol. The Kier molecular flexibility index (Phi) is 31.5. The van der Waals surface area contributed by atoms with Crippen LogP contribution in [0.1, 0.15) is 78.5 Å². The van der Waals surface area contributed by atoms with Crippen molar-refractivity contribution in [3.05, 3.63) is 348 Å². The molecule has 9 unspecified atom stereocenters. The first-order chi connectivity index (χ1) is 60.7. The molecule has 15 rings (SSSR count). The number of sulfonamides is 2. The Morgan fingerprint density at radius 2 is 0.720 bits per heavy atom. The number of benzene rings is 10. The minimum Gasteiger partial charge on any atom is -0.391 e. The van der Waals surface area contributed by atoms with Crippen molar-refractivity contribution >= 4 is 28.4 Å². The molecule has 0 saturated carbocycles. The summed E-state index contributed by atoms with van der Waals surface area (Å²) >= 11 is 0. The largest absolute Gasteiger partial charge is 0.391 e. The third-order valence-electron chi connectivity index (χ3n) is 23.4. The minimum atomic E-state index is -4.73. The molecule has 125 heavy (non-hydrogen) atoms. The molecule has 0 bridgehead atoms. The van der Waals surface area contributed by atoms with Crippen LogP contribution in [0.15, 0.2) is 313 Å². The Balaban J connectivity index is 0.885. The van der Waals surface area contributed by atoms with Gasteiger partial charge in [-0.2, -0.15) is 0 Å². The monoisotopic (exact) mass is 1760 g/mol. The predicted molar refractivity (Wildman–Crippen MR) is 468 cm³/mol. The van der Waals surface area contributed by atoms with E-state index in [1.54, 1.807) is 36.4 Å². The van der Waals surface area contributed by atoms with Gasteiger partial charge in [0.15, 0.2) is 39.8 Å². The van der Waals surface area contributed by atoms with Crippen molar-refractivity contribution < 1.29 is 102 Å². The molecule has 5 aliphatic heterocycles. The Hall–Kier alpha value is -8.48. The summed E-state index contributed by atoms with van der Waals surface area (Å²) in [6.45, 7) is 11.4. The van der Waals surface area contributed by atoms with Gasteiger partial charge in [0.2, 0.25) is 20.0 Å². The summed E-state index contributed by atoms with van der Waals surface area (Å²) in [4.78, 5) is -0.221. The lowest BCUT2D eigenvalue weighted by Crippen LogP contribution is -2.71. The third-order valence-corrected chi connectivity index (χ3v) is 30.8. The zero-order valence-electron chi connectivity index (χ0n) is 70.9. The van der Waals surface area contributed by atoms with E-state index in [-0.39, 0.29) is 69.3 Å². The van der Waals surface area contributed by atoms with Crippen molar-refractivity contribution in [2.75, 3.05) is 19.8 Å². The van der Waals surface area contributed by atoms with Crippen LogP contribution in [0.2, 0.25) is 18.1 Å². The number of rotatable bonds is 38. The van der Waals surface area contributed by atoms with Gasteiger partial charge in [0, 0.05) is 5.56 Å². The quantitative estimate of drug-likeness (QED) is 0.0303. The lowest BCUT2D eigenvalue weighted by Gasteiger charge is -2.53. The van der Waals surface area contributed by atoms with Gasteiger partial charge in [-0.05, 0) is 88.3 Å². The zero-order chi connectivity index (χ0) is 86.8. The summed E-state index contributed by atoms with van der Waals surface area (Å²) in [5.41, 5.74) is 6.30. The van der Waals surface area contributed by atoms with E-state index in [2.05, 4.69) is 30.2 Å². The van der Waals surface area contributed by atoms with E-state index < -0.39 is 169 Å². The van der Waals surface area contributed by atoms with Crippen LogP contribution in [-0.2, 0) is 147 Å². The van der Waals surface area contributed by atoms with E-state index in [9.17, 15) is 5.11 Å². The van der Waals surface area contributed by atoms with Gasteiger partial charge in [-0.25, -0.2) is 26.3 Å². The van der Waals surface area contributed by atoms with Gasteiger partial charge in [-0.1, -0.05) is 300 Å². The smallest absolute Gasteiger partial charge is 0.241 e. The van der Waals surface area contributed by atoms with Crippen LogP contribution in [0.5, 0.6) is 0 Å². The van der Waals surface area contributed by atoms with E-state index in [1.165, 1.54) is 24.3 Å². The molecule has 5 fully saturated rings. The molecule has 0 amide bonds. The maximum absolute atomic E-state index is 16.0. The first-order valence-electron chi connectivity index (χ1n) is 42.6. The molecule has 3 N–H and O–H groups in total. The fourth-order valence-electron chi connectivity index (χ4n) is 15.7. The van der Waals surface area contributed by atoms with Crippen LogP contribution < -0.4 is 9.44 Å². The van der Waals surface area contributed by atoms with Crippen LogP contribution in [0, 0.1) is 0 Å². The number of nitrogens with one attached hydrogen (secondary N) is 2. The molecule has 21 atom stereocenters. The van der Waals surface area contributed by atoms with Crippen LogP contribution >= 0.6 is 0 Å². The third kappa shape index (κ3) is 23.9. The van der Waals surface area contributed by atoms with Gasteiger partial charge in [0.25, 0.3) is 0 Å². The van der Waals surface area contributed by atoms with Gasteiger partial charge in [0.1, 0.15) is 91.4 Å². The van der Waals surface area contributed by atoms with Crippen LogP contribution in [-0.4, -0.2) is 173 Å². The minimum absolute atomic E-state index is 0.0262. The Bertz CT molecular complexity index is 5120. The molecule has 0 aliphatic carbocycles. The molecule has 10 aromatic carbocycles. The van der Waals surface area contributed by atoms with Crippen molar-refractivity contribution in [3.63, 3.8) is 0 Å². The Morgan fingerprint density at radius 3 is 1.15 bits per heavy atom. The molecule has 27 heteroatoms. The van der Waals surface area contributed by atoms with E-state index in [0.717, 1.165) is 27.8 Å². The van der Waals surface area contributed by atoms with E-state index in [0.29, 0.717) is 16.7 Å². The molecule has 10 aromatic rings. The number of hydrogen-bond donors (Lipinski definition) is 3. The van der Waals surface area contributed by atoms with E-state index in [4.69, 9.17) is 80.2 Å². The van der Waals surface area contributed by atoms with Gasteiger partial charge in [0.05, 0.1) is 82.0 Å². The maximum Gasteiger partial charge on any atom is 0.241 e. The number of fused-ring (bicyclic) bond motifs is 1. The average Bonchev–Trinajstić information content (AvgIpc) is 0.750. The number of aliphatic hydroxyl groups is 1. The van der Waals surface area contributed by atoms with Crippen molar-refractivity contribution in [3.8, 4) is 0 Å². The summed E-state index contributed by atoms with van der Waals surface area (Å²) < 4.78 is 192. The van der Waals surface area contributed by atoms with Gasteiger partial charge >= 0.3 is 0 Å². The molecule has 662 valence electrons. The van der Waals surface area contributed by atoms with E-state index >= 15 is 16.8 Å². The molecule has 5 saturated heterocycles. The highest BCUT2D eigenvalue weighted by Gasteiger charge is 2.60. The highest BCUT2D eigenvalue weighted by molar-refractivity contribution is 7.89. The van der Waals surface area contributed by atoms with Gasteiger partial charge in [-0.15, -0.1) is 0 Å². The van der Waals surface area contributed by atoms with Crippen LogP contribution in [0.25, 0.3) is 0 Å². The average molecular weight is 1760 g/mol. The normalized spacial score (nSPS) is 28.0. The molecule has 0 radical (unpaired) electrons. The molecule has 0 aromatic heterocycles. The number of ether oxygens (including phenoxy) is 16. The molecule has 5 heterocycles. The highest BCUT2D eigenvalue weighted by Crippen LogP contribution is 2.44.